The number of hydrogen-bond donors (Lipinski definition) is 2. The molecule has 92 valence electrons. The molecule has 1 aromatic carbocycles. The molecule has 4 heteroatoms. The first-order chi connectivity index (χ1) is 8.84. The lowest BCUT2D eigenvalue weighted by atomic mass is 9.94. The van der Waals surface area contributed by atoms with Gasteiger partial charge in [0.1, 0.15) is 0 Å². The molecule has 1 saturated heterocycles. The van der Waals surface area contributed by atoms with Gasteiger partial charge in [-0.25, -0.2) is 0 Å². The van der Waals surface area contributed by atoms with Gasteiger partial charge < -0.3 is 15.2 Å². The Kier molecular flexibility index (Phi) is 2.14. The van der Waals surface area contributed by atoms with Crippen molar-refractivity contribution in [2.75, 3.05) is 13.1 Å². The quantitative estimate of drug-likeness (QED) is 0.710. The summed E-state index contributed by atoms with van der Waals surface area (Å²) in [7, 11) is 0. The van der Waals surface area contributed by atoms with E-state index in [9.17, 15) is 0 Å². The third-order valence-electron chi connectivity index (χ3n) is 4.11. The van der Waals surface area contributed by atoms with Crippen molar-refractivity contribution in [3.05, 3.63) is 35.5 Å². The van der Waals surface area contributed by atoms with Crippen LogP contribution in [0, 0.1) is 0 Å². The van der Waals surface area contributed by atoms with Crippen LogP contribution in [0.15, 0.2) is 24.3 Å². The van der Waals surface area contributed by atoms with Crippen molar-refractivity contribution in [2.45, 2.75) is 18.9 Å². The van der Waals surface area contributed by atoms with Gasteiger partial charge in [-0.2, -0.15) is 0 Å². The lowest BCUT2D eigenvalue weighted by molar-refractivity contribution is 0.254. The van der Waals surface area contributed by atoms with Crippen molar-refractivity contribution in [1.82, 2.24) is 15.2 Å². The van der Waals surface area contributed by atoms with Gasteiger partial charge in [-0.3, -0.25) is 0 Å². The maximum absolute atomic E-state index is 5.41. The van der Waals surface area contributed by atoms with Crippen LogP contribution in [0.25, 0.3) is 10.9 Å². The molecule has 4 rings (SSSR count). The second-order valence-electron chi connectivity index (χ2n) is 5.04. The van der Waals surface area contributed by atoms with Crippen LogP contribution in [0.2, 0.25) is 0 Å². The summed E-state index contributed by atoms with van der Waals surface area (Å²) in [6.07, 6.45) is 2.21. The number of para-hydroxylation sites is 1. The number of rotatable bonds is 0. The maximum Gasteiger partial charge on any atom is 0.169 e. The molecule has 18 heavy (non-hydrogen) atoms. The highest BCUT2D eigenvalue weighted by atomic mass is 32.1. The van der Waals surface area contributed by atoms with Crippen molar-refractivity contribution in [2.24, 2.45) is 0 Å². The van der Waals surface area contributed by atoms with Gasteiger partial charge in [0.25, 0.3) is 0 Å². The van der Waals surface area contributed by atoms with Crippen LogP contribution >= 0.6 is 12.2 Å². The molecule has 0 spiro atoms. The summed E-state index contributed by atoms with van der Waals surface area (Å²) in [6.45, 7) is 2.01. The topological polar surface area (TPSA) is 31.1 Å². The van der Waals surface area contributed by atoms with Gasteiger partial charge in [0.15, 0.2) is 5.11 Å². The largest absolute Gasteiger partial charge is 0.362 e. The zero-order valence-electron chi connectivity index (χ0n) is 10.1. The Morgan fingerprint density at radius 3 is 3.11 bits per heavy atom. The van der Waals surface area contributed by atoms with E-state index in [0.29, 0.717) is 6.04 Å². The van der Waals surface area contributed by atoms with Gasteiger partial charge >= 0.3 is 0 Å². The highest BCUT2D eigenvalue weighted by Gasteiger charge is 2.33. The highest BCUT2D eigenvalue weighted by molar-refractivity contribution is 7.80. The number of thiocarbonyl (C=S) groups is 1. The highest BCUT2D eigenvalue weighted by Crippen LogP contribution is 2.37. The maximum atomic E-state index is 5.41. The van der Waals surface area contributed by atoms with Crippen molar-refractivity contribution in [1.29, 1.82) is 0 Å². The monoisotopic (exact) mass is 257 g/mol. The van der Waals surface area contributed by atoms with Crippen LogP contribution in [0.4, 0.5) is 0 Å². The molecule has 1 aromatic heterocycles. The van der Waals surface area contributed by atoms with E-state index in [2.05, 4.69) is 39.5 Å². The molecular weight excluding hydrogens is 242 g/mol. The van der Waals surface area contributed by atoms with E-state index >= 15 is 0 Å². The lowest BCUT2D eigenvalue weighted by Gasteiger charge is -2.41. The minimum atomic E-state index is 0.440. The summed E-state index contributed by atoms with van der Waals surface area (Å²) in [6, 6.07) is 9.04. The Labute approximate surface area is 111 Å². The molecule has 0 aliphatic carbocycles. The molecule has 1 atom stereocenters. The SMILES string of the molecule is S=C1NCCC2c3[nH]c4ccccc4c3CCN12. The van der Waals surface area contributed by atoms with Crippen LogP contribution in [0.3, 0.4) is 0 Å². The van der Waals surface area contributed by atoms with Gasteiger partial charge in [0.2, 0.25) is 0 Å². The molecule has 1 unspecified atom stereocenters. The number of H-pyrrole nitrogens is 1. The summed E-state index contributed by atoms with van der Waals surface area (Å²) in [4.78, 5) is 5.94. The predicted molar refractivity (Wildman–Crippen MR) is 76.7 cm³/mol. The molecule has 1 fully saturated rings. The fourth-order valence-electron chi connectivity index (χ4n) is 3.28. The summed E-state index contributed by atoms with van der Waals surface area (Å²) >= 11 is 5.41. The van der Waals surface area contributed by atoms with Crippen molar-refractivity contribution < 1.29 is 0 Å². The molecule has 3 heterocycles. The lowest BCUT2D eigenvalue weighted by Crippen LogP contribution is -2.50. The second kappa shape index (κ2) is 3.72. The van der Waals surface area contributed by atoms with E-state index in [0.717, 1.165) is 31.0 Å². The number of benzene rings is 1. The number of aromatic nitrogens is 1. The van der Waals surface area contributed by atoms with Gasteiger partial charge in [-0.1, -0.05) is 18.2 Å². The molecule has 2 aliphatic heterocycles. The van der Waals surface area contributed by atoms with Gasteiger partial charge in [-0.05, 0) is 36.7 Å². The van der Waals surface area contributed by atoms with E-state index in [4.69, 9.17) is 12.2 Å². The fraction of sp³-hybridized carbons (Fsp3) is 0.357. The van der Waals surface area contributed by atoms with Crippen molar-refractivity contribution >= 4 is 28.2 Å². The van der Waals surface area contributed by atoms with E-state index in [1.807, 2.05) is 0 Å². The number of aromatic amines is 1. The molecule has 2 aromatic rings. The Balaban J connectivity index is 1.90. The number of hydrogen-bond acceptors (Lipinski definition) is 1. The molecule has 2 N–H and O–H groups in total. The number of fused-ring (bicyclic) bond motifs is 5. The van der Waals surface area contributed by atoms with Gasteiger partial charge in [0.05, 0.1) is 6.04 Å². The number of nitrogens with zero attached hydrogens (tertiary/aromatic N) is 1. The molecular formula is C14H15N3S. The van der Waals surface area contributed by atoms with Crippen LogP contribution in [-0.2, 0) is 6.42 Å². The second-order valence-corrected chi connectivity index (χ2v) is 5.43. The van der Waals surface area contributed by atoms with Crippen LogP contribution in [-0.4, -0.2) is 28.1 Å². The zero-order chi connectivity index (χ0) is 12.1. The molecule has 0 saturated carbocycles. The average Bonchev–Trinajstić information content (AvgIpc) is 2.78. The van der Waals surface area contributed by atoms with Gasteiger partial charge in [0, 0.05) is 29.7 Å². The summed E-state index contributed by atoms with van der Waals surface area (Å²) in [5, 5.41) is 5.59. The smallest absolute Gasteiger partial charge is 0.169 e. The molecule has 0 radical (unpaired) electrons. The molecule has 0 amide bonds. The first-order valence-electron chi connectivity index (χ1n) is 6.48. The summed E-state index contributed by atoms with van der Waals surface area (Å²) in [5.41, 5.74) is 4.14. The first-order valence-corrected chi connectivity index (χ1v) is 6.89. The third kappa shape index (κ3) is 1.32. The van der Waals surface area contributed by atoms with Crippen molar-refractivity contribution in [3.8, 4) is 0 Å². The summed E-state index contributed by atoms with van der Waals surface area (Å²) < 4.78 is 0. The standard InChI is InChI=1S/C14H15N3S/c18-14-15-7-5-12-13-10(6-8-17(12)14)9-3-1-2-4-11(9)16-13/h1-4,12,16H,5-8H2,(H,15,18). The minimum Gasteiger partial charge on any atom is -0.362 e. The normalized spacial score (nSPS) is 22.6. The van der Waals surface area contributed by atoms with E-state index < -0.39 is 0 Å². The average molecular weight is 257 g/mol. The fourth-order valence-corrected chi connectivity index (χ4v) is 3.60. The van der Waals surface area contributed by atoms with Gasteiger partial charge in [-0.15, -0.1) is 0 Å². The van der Waals surface area contributed by atoms with E-state index in [1.165, 1.54) is 22.2 Å². The first kappa shape index (κ1) is 10.4. The molecule has 2 aliphatic rings. The van der Waals surface area contributed by atoms with Crippen LogP contribution < -0.4 is 5.32 Å². The summed E-state index contributed by atoms with van der Waals surface area (Å²) in [5.74, 6) is 0. The molecule has 0 bridgehead atoms. The minimum absolute atomic E-state index is 0.440. The van der Waals surface area contributed by atoms with E-state index in [1.54, 1.807) is 0 Å². The predicted octanol–water partition coefficient (Wildman–Crippen LogP) is 2.35. The molecule has 3 nitrogen and oxygen atoms in total. The van der Waals surface area contributed by atoms with Crippen LogP contribution in [0.5, 0.6) is 0 Å². The van der Waals surface area contributed by atoms with Crippen molar-refractivity contribution in [3.63, 3.8) is 0 Å². The Morgan fingerprint density at radius 1 is 1.28 bits per heavy atom. The third-order valence-corrected chi connectivity index (χ3v) is 4.49. The Bertz CT molecular complexity index is 631. The Morgan fingerprint density at radius 2 is 2.17 bits per heavy atom. The number of nitrogens with one attached hydrogen (secondary N) is 2. The Hall–Kier alpha value is -1.55. The van der Waals surface area contributed by atoms with Crippen LogP contribution in [0.1, 0.15) is 23.7 Å². The zero-order valence-corrected chi connectivity index (χ0v) is 10.9. The van der Waals surface area contributed by atoms with E-state index in [-0.39, 0.29) is 0 Å².